The van der Waals surface area contributed by atoms with Crippen LogP contribution in [0.25, 0.3) is 0 Å². The van der Waals surface area contributed by atoms with Gasteiger partial charge in [0.2, 0.25) is 5.91 Å². The number of ether oxygens (including phenoxy) is 1. The maximum absolute atomic E-state index is 12.6. The van der Waals surface area contributed by atoms with Crippen LogP contribution in [-0.4, -0.2) is 55.9 Å². The maximum atomic E-state index is 12.6. The van der Waals surface area contributed by atoms with Crippen LogP contribution < -0.4 is 15.0 Å². The lowest BCUT2D eigenvalue weighted by molar-refractivity contribution is -0.130. The van der Waals surface area contributed by atoms with Gasteiger partial charge in [0.25, 0.3) is 0 Å². The minimum Gasteiger partial charge on any atom is -0.497 e. The Labute approximate surface area is 166 Å². The number of carbonyl (C=O) groups is 2. The van der Waals surface area contributed by atoms with Crippen molar-refractivity contribution in [3.63, 3.8) is 0 Å². The van der Waals surface area contributed by atoms with E-state index in [1.54, 1.807) is 26.2 Å². The lowest BCUT2D eigenvalue weighted by Crippen LogP contribution is -2.54. The SMILES string of the molecule is COc1ccc(N2CCN(C(=O)CNc3ccc(C(C)=O)cc3)CC2C)cc1. The van der Waals surface area contributed by atoms with Gasteiger partial charge in [-0.05, 0) is 62.4 Å². The number of benzene rings is 2. The van der Waals surface area contributed by atoms with Crippen molar-refractivity contribution in [2.45, 2.75) is 19.9 Å². The third-order valence-electron chi connectivity index (χ3n) is 5.12. The summed E-state index contributed by atoms with van der Waals surface area (Å²) in [4.78, 5) is 28.1. The number of carbonyl (C=O) groups excluding carboxylic acids is 2. The van der Waals surface area contributed by atoms with Gasteiger partial charge in [0.15, 0.2) is 5.78 Å². The number of rotatable bonds is 6. The number of hydrogen-bond acceptors (Lipinski definition) is 5. The van der Waals surface area contributed by atoms with Crippen LogP contribution in [0.2, 0.25) is 0 Å². The maximum Gasteiger partial charge on any atom is 0.242 e. The molecule has 2 aromatic carbocycles. The Morgan fingerprint density at radius 2 is 1.75 bits per heavy atom. The number of piperazine rings is 1. The predicted molar refractivity (Wildman–Crippen MR) is 111 cm³/mol. The molecule has 0 radical (unpaired) electrons. The average Bonchev–Trinajstić information content (AvgIpc) is 2.72. The largest absolute Gasteiger partial charge is 0.497 e. The summed E-state index contributed by atoms with van der Waals surface area (Å²) in [6.07, 6.45) is 0. The lowest BCUT2D eigenvalue weighted by Gasteiger charge is -2.41. The van der Waals surface area contributed by atoms with E-state index in [0.29, 0.717) is 18.7 Å². The van der Waals surface area contributed by atoms with Gasteiger partial charge in [-0.25, -0.2) is 0 Å². The van der Waals surface area contributed by atoms with Crippen LogP contribution in [0.4, 0.5) is 11.4 Å². The number of hydrogen-bond donors (Lipinski definition) is 1. The summed E-state index contributed by atoms with van der Waals surface area (Å²) in [5.74, 6) is 0.954. The van der Waals surface area contributed by atoms with Crippen molar-refractivity contribution in [3.8, 4) is 5.75 Å². The molecule has 1 aliphatic heterocycles. The second kappa shape index (κ2) is 8.78. The number of anilines is 2. The Balaban J connectivity index is 1.52. The van der Waals surface area contributed by atoms with Gasteiger partial charge in [-0.2, -0.15) is 0 Å². The molecule has 0 aromatic heterocycles. The van der Waals surface area contributed by atoms with Gasteiger partial charge in [0.1, 0.15) is 5.75 Å². The zero-order chi connectivity index (χ0) is 20.1. The van der Waals surface area contributed by atoms with E-state index in [4.69, 9.17) is 4.74 Å². The molecule has 6 heteroatoms. The molecule has 1 saturated heterocycles. The highest BCUT2D eigenvalue weighted by Crippen LogP contribution is 2.23. The molecule has 2 aromatic rings. The molecular weight excluding hydrogens is 354 g/mol. The number of amides is 1. The summed E-state index contributed by atoms with van der Waals surface area (Å²) in [6, 6.07) is 15.5. The minimum absolute atomic E-state index is 0.0337. The van der Waals surface area contributed by atoms with Gasteiger partial charge in [-0.1, -0.05) is 0 Å². The van der Waals surface area contributed by atoms with E-state index in [1.807, 2.05) is 29.2 Å². The first-order valence-corrected chi connectivity index (χ1v) is 9.51. The first kappa shape index (κ1) is 19.7. The molecule has 148 valence electrons. The van der Waals surface area contributed by atoms with Gasteiger partial charge in [-0.3, -0.25) is 9.59 Å². The second-order valence-corrected chi connectivity index (χ2v) is 7.07. The van der Waals surface area contributed by atoms with Crippen molar-refractivity contribution < 1.29 is 14.3 Å². The van der Waals surface area contributed by atoms with Crippen molar-refractivity contribution in [1.82, 2.24) is 4.90 Å². The fourth-order valence-corrected chi connectivity index (χ4v) is 3.45. The molecule has 3 rings (SSSR count). The molecule has 1 unspecified atom stereocenters. The van der Waals surface area contributed by atoms with Crippen LogP contribution >= 0.6 is 0 Å². The van der Waals surface area contributed by atoms with Crippen molar-refractivity contribution in [1.29, 1.82) is 0 Å². The summed E-state index contributed by atoms with van der Waals surface area (Å²) in [6.45, 7) is 6.10. The molecule has 1 amide bonds. The highest BCUT2D eigenvalue weighted by Gasteiger charge is 2.26. The van der Waals surface area contributed by atoms with Crippen molar-refractivity contribution >= 4 is 23.1 Å². The number of nitrogens with one attached hydrogen (secondary N) is 1. The average molecular weight is 381 g/mol. The molecule has 1 fully saturated rings. The van der Waals surface area contributed by atoms with Gasteiger partial charge in [0, 0.05) is 42.6 Å². The quantitative estimate of drug-likeness (QED) is 0.780. The zero-order valence-electron chi connectivity index (χ0n) is 16.6. The van der Waals surface area contributed by atoms with E-state index < -0.39 is 0 Å². The highest BCUT2D eigenvalue weighted by atomic mass is 16.5. The van der Waals surface area contributed by atoms with Crippen LogP contribution in [0.3, 0.4) is 0 Å². The summed E-state index contributed by atoms with van der Waals surface area (Å²) in [7, 11) is 1.66. The van der Waals surface area contributed by atoms with Gasteiger partial charge in [0.05, 0.1) is 13.7 Å². The number of ketones is 1. The van der Waals surface area contributed by atoms with E-state index in [0.717, 1.165) is 23.7 Å². The Bertz CT molecular complexity index is 818. The van der Waals surface area contributed by atoms with Crippen molar-refractivity contribution in [2.75, 3.05) is 43.5 Å². The van der Waals surface area contributed by atoms with Crippen LogP contribution in [0.15, 0.2) is 48.5 Å². The molecule has 0 saturated carbocycles. The van der Waals surface area contributed by atoms with Gasteiger partial charge < -0.3 is 19.9 Å². The third-order valence-corrected chi connectivity index (χ3v) is 5.12. The van der Waals surface area contributed by atoms with E-state index in [2.05, 4.69) is 29.3 Å². The van der Waals surface area contributed by atoms with Crippen molar-refractivity contribution in [3.05, 3.63) is 54.1 Å². The number of Topliss-reactive ketones (excluding diaryl/α,β-unsaturated/α-hetero) is 1. The van der Waals surface area contributed by atoms with E-state index >= 15 is 0 Å². The molecule has 1 N–H and O–H groups in total. The standard InChI is InChI=1S/C22H27N3O3/c1-16-15-24(12-13-25(16)20-8-10-21(28-3)11-9-20)22(27)14-23-19-6-4-18(5-7-19)17(2)26/h4-11,16,23H,12-15H2,1-3H3. The number of nitrogens with zero attached hydrogens (tertiary/aromatic N) is 2. The summed E-state index contributed by atoms with van der Waals surface area (Å²) >= 11 is 0. The fraction of sp³-hybridized carbons (Fsp3) is 0.364. The summed E-state index contributed by atoms with van der Waals surface area (Å²) in [5, 5.41) is 3.15. The first-order chi connectivity index (χ1) is 13.5. The fourth-order valence-electron chi connectivity index (χ4n) is 3.45. The van der Waals surface area contributed by atoms with Crippen LogP contribution in [0.5, 0.6) is 5.75 Å². The Morgan fingerprint density at radius 1 is 1.07 bits per heavy atom. The molecule has 0 spiro atoms. The molecule has 28 heavy (non-hydrogen) atoms. The van der Waals surface area contributed by atoms with E-state index in [9.17, 15) is 9.59 Å². The predicted octanol–water partition coefficient (Wildman–Crippen LogP) is 3.05. The zero-order valence-corrected chi connectivity index (χ0v) is 16.6. The van der Waals surface area contributed by atoms with E-state index in [1.165, 1.54) is 0 Å². The molecular formula is C22H27N3O3. The monoisotopic (exact) mass is 381 g/mol. The van der Waals surface area contributed by atoms with Crippen LogP contribution in [0, 0.1) is 0 Å². The normalized spacial score (nSPS) is 16.6. The minimum atomic E-state index is 0.0337. The first-order valence-electron chi connectivity index (χ1n) is 9.51. The van der Waals surface area contributed by atoms with Crippen molar-refractivity contribution in [2.24, 2.45) is 0 Å². The molecule has 0 bridgehead atoms. The molecule has 1 heterocycles. The lowest BCUT2D eigenvalue weighted by atomic mass is 10.1. The molecule has 6 nitrogen and oxygen atoms in total. The summed E-state index contributed by atoms with van der Waals surface area (Å²) < 4.78 is 5.22. The van der Waals surface area contributed by atoms with Gasteiger partial charge in [-0.15, -0.1) is 0 Å². The molecule has 0 aliphatic carbocycles. The molecule has 1 aliphatic rings. The Morgan fingerprint density at radius 3 is 2.32 bits per heavy atom. The van der Waals surface area contributed by atoms with E-state index in [-0.39, 0.29) is 24.3 Å². The molecule has 1 atom stereocenters. The van der Waals surface area contributed by atoms with Crippen LogP contribution in [-0.2, 0) is 4.79 Å². The Hall–Kier alpha value is -3.02. The third kappa shape index (κ3) is 4.63. The van der Waals surface area contributed by atoms with Crippen LogP contribution in [0.1, 0.15) is 24.2 Å². The Kier molecular flexibility index (Phi) is 6.19. The highest BCUT2D eigenvalue weighted by molar-refractivity contribution is 5.94. The number of methoxy groups -OCH3 is 1. The topological polar surface area (TPSA) is 61.9 Å². The van der Waals surface area contributed by atoms with Gasteiger partial charge >= 0.3 is 0 Å². The smallest absolute Gasteiger partial charge is 0.242 e. The summed E-state index contributed by atoms with van der Waals surface area (Å²) in [5.41, 5.74) is 2.65. The second-order valence-electron chi connectivity index (χ2n) is 7.07.